The summed E-state index contributed by atoms with van der Waals surface area (Å²) in [7, 11) is 0. The molecule has 0 amide bonds. The highest BCUT2D eigenvalue weighted by atomic mass is 79.9. The Hall–Kier alpha value is -1.41. The first-order valence-corrected chi connectivity index (χ1v) is 12.5. The molecule has 0 radical (unpaired) electrons. The van der Waals surface area contributed by atoms with Gasteiger partial charge in [0.05, 0.1) is 24.0 Å². The molecule has 0 saturated carbocycles. The molecule has 156 valence electrons. The highest BCUT2D eigenvalue weighted by Crippen LogP contribution is 2.65. The molecule has 4 heterocycles. The summed E-state index contributed by atoms with van der Waals surface area (Å²) in [5.41, 5.74) is 6.49. The molecule has 4 rings (SSSR count). The predicted molar refractivity (Wildman–Crippen MR) is 104 cm³/mol. The van der Waals surface area contributed by atoms with Gasteiger partial charge in [-0.2, -0.15) is 0 Å². The summed E-state index contributed by atoms with van der Waals surface area (Å²) in [6.07, 6.45) is -1.15. The van der Waals surface area contributed by atoms with Crippen LogP contribution in [0.25, 0.3) is 11.2 Å². The van der Waals surface area contributed by atoms with Crippen LogP contribution in [0.3, 0.4) is 0 Å². The van der Waals surface area contributed by atoms with Gasteiger partial charge in [-0.1, -0.05) is 15.9 Å². The number of nitrogen functional groups attached to an aromatic ring is 1. The first kappa shape index (κ1) is 20.8. The van der Waals surface area contributed by atoms with Gasteiger partial charge in [-0.3, -0.25) is 23.2 Å². The van der Waals surface area contributed by atoms with Crippen molar-refractivity contribution in [2.75, 3.05) is 23.4 Å². The molecule has 5 atom stereocenters. The summed E-state index contributed by atoms with van der Waals surface area (Å²) in [5.74, 6) is -1.53. The highest BCUT2D eigenvalue weighted by Gasteiger charge is 2.53. The smallest absolute Gasteiger partial charge is 0.386 e. The van der Waals surface area contributed by atoms with Crippen molar-refractivity contribution in [1.29, 1.82) is 0 Å². The fourth-order valence-corrected chi connectivity index (χ4v) is 6.52. The van der Waals surface area contributed by atoms with Gasteiger partial charge in [0.1, 0.15) is 30.2 Å². The van der Waals surface area contributed by atoms with Gasteiger partial charge in [-0.25, -0.2) is 19.5 Å². The van der Waals surface area contributed by atoms with E-state index in [1.165, 1.54) is 17.2 Å². The summed E-state index contributed by atoms with van der Waals surface area (Å²) in [4.78, 5) is 35.1. The molecular formula is C14H15BrN5O7PS. The summed E-state index contributed by atoms with van der Waals surface area (Å²) >= 11 is 3.50. The number of imidazole rings is 1. The third-order valence-corrected chi connectivity index (χ3v) is 8.50. The van der Waals surface area contributed by atoms with E-state index < -0.39 is 42.9 Å². The number of carbonyl (C=O) groups is 2. The summed E-state index contributed by atoms with van der Waals surface area (Å²) in [5, 5.41) is 10.6. The fourth-order valence-electron chi connectivity index (χ4n) is 2.97. The van der Waals surface area contributed by atoms with Crippen LogP contribution in [0.1, 0.15) is 6.23 Å². The lowest BCUT2D eigenvalue weighted by atomic mass is 10.1. The van der Waals surface area contributed by atoms with E-state index in [0.29, 0.717) is 22.5 Å². The second kappa shape index (κ2) is 8.02. The van der Waals surface area contributed by atoms with Gasteiger partial charge in [0, 0.05) is 0 Å². The highest BCUT2D eigenvalue weighted by molar-refractivity contribution is 9.09. The topological polar surface area (TPSA) is 169 Å². The molecule has 2 fully saturated rings. The van der Waals surface area contributed by atoms with Gasteiger partial charge in [-0.15, -0.1) is 0 Å². The number of nitrogens with two attached hydrogens (primary N) is 1. The Morgan fingerprint density at radius 1 is 1.38 bits per heavy atom. The standard InChI is InChI=1S/C14H15BrN5O7PS/c15-1-6(21)7(22)3-29-28(24)25-2-8-11(27-28)10(23)14(26-8)20-5-19-9-12(16)17-4-18-13(9)20/h4-5,8,10-11,14,23H,1-3H2,(H2,16,17,18)/t8?,10-,11?,14-,28?/m0/s1. The number of nitrogens with zero attached hydrogens (tertiary/aromatic N) is 4. The normalized spacial score (nSPS) is 31.7. The molecule has 0 aliphatic carbocycles. The lowest BCUT2D eigenvalue weighted by molar-refractivity contribution is -0.133. The molecule has 2 aliphatic heterocycles. The van der Waals surface area contributed by atoms with Gasteiger partial charge in [0.15, 0.2) is 17.7 Å². The van der Waals surface area contributed by atoms with Crippen LogP contribution >= 0.6 is 34.1 Å². The molecule has 0 spiro atoms. The molecule has 15 heteroatoms. The molecule has 3 unspecified atom stereocenters. The number of alkyl halides is 1. The number of halogens is 1. The van der Waals surface area contributed by atoms with E-state index in [0.717, 1.165) is 0 Å². The summed E-state index contributed by atoms with van der Waals surface area (Å²) in [6, 6.07) is 0. The Labute approximate surface area is 175 Å². The third kappa shape index (κ3) is 3.85. The van der Waals surface area contributed by atoms with Gasteiger partial charge in [0.2, 0.25) is 11.6 Å². The van der Waals surface area contributed by atoms with E-state index in [1.807, 2.05) is 0 Å². The van der Waals surface area contributed by atoms with Crippen LogP contribution in [0.5, 0.6) is 0 Å². The number of ether oxygens (including phenoxy) is 1. The minimum absolute atomic E-state index is 0.118. The Morgan fingerprint density at radius 3 is 2.93 bits per heavy atom. The number of aliphatic hydroxyl groups excluding tert-OH is 1. The number of carbonyl (C=O) groups excluding carboxylic acids is 2. The maximum absolute atomic E-state index is 12.8. The lowest BCUT2D eigenvalue weighted by Gasteiger charge is -2.30. The average molecular weight is 508 g/mol. The first-order valence-electron chi connectivity index (χ1n) is 8.29. The Morgan fingerprint density at radius 2 is 2.17 bits per heavy atom. The summed E-state index contributed by atoms with van der Waals surface area (Å²) in [6.45, 7) is -3.88. The van der Waals surface area contributed by atoms with Gasteiger partial charge in [-0.05, 0) is 11.4 Å². The number of rotatable bonds is 6. The zero-order chi connectivity index (χ0) is 20.8. The van der Waals surface area contributed by atoms with Crippen LogP contribution in [0.15, 0.2) is 12.7 Å². The number of ketones is 2. The fraction of sp³-hybridized carbons (Fsp3) is 0.500. The van der Waals surface area contributed by atoms with Crippen LogP contribution in [-0.2, 0) is 27.9 Å². The minimum Gasteiger partial charge on any atom is -0.386 e. The molecule has 2 saturated heterocycles. The molecule has 2 aliphatic rings. The monoisotopic (exact) mass is 507 g/mol. The van der Waals surface area contributed by atoms with Crippen molar-refractivity contribution in [3.8, 4) is 0 Å². The van der Waals surface area contributed by atoms with Crippen molar-refractivity contribution in [2.45, 2.75) is 24.5 Å². The molecule has 29 heavy (non-hydrogen) atoms. The third-order valence-electron chi connectivity index (χ3n) is 4.40. The minimum atomic E-state index is -3.77. The average Bonchev–Trinajstić information content (AvgIpc) is 3.28. The summed E-state index contributed by atoms with van der Waals surface area (Å²) < 4.78 is 30.9. The number of aliphatic hydroxyl groups is 1. The van der Waals surface area contributed by atoms with Crippen molar-refractivity contribution in [2.24, 2.45) is 0 Å². The second-order valence-electron chi connectivity index (χ2n) is 6.21. The number of aromatic nitrogens is 4. The van der Waals surface area contributed by atoms with Gasteiger partial charge < -0.3 is 15.6 Å². The number of hydrogen-bond acceptors (Lipinski definition) is 12. The lowest BCUT2D eigenvalue weighted by Crippen LogP contribution is -2.39. The Bertz CT molecular complexity index is 1020. The van der Waals surface area contributed by atoms with Crippen LogP contribution in [0, 0.1) is 0 Å². The van der Waals surface area contributed by atoms with E-state index in [2.05, 4.69) is 30.9 Å². The van der Waals surface area contributed by atoms with Crippen molar-refractivity contribution in [3.05, 3.63) is 12.7 Å². The van der Waals surface area contributed by atoms with Crippen LogP contribution in [-0.4, -0.2) is 72.2 Å². The van der Waals surface area contributed by atoms with E-state index in [4.69, 9.17) is 19.5 Å². The SMILES string of the molecule is Nc1ncnc2c1ncn2[C@H]1OC2COP(=O)(SCC(=O)C(=O)CBr)OC2[C@@H]1O. The molecular weight excluding hydrogens is 493 g/mol. The van der Waals surface area contributed by atoms with Crippen LogP contribution in [0.2, 0.25) is 0 Å². The van der Waals surface area contributed by atoms with E-state index in [-0.39, 0.29) is 23.5 Å². The van der Waals surface area contributed by atoms with Crippen LogP contribution in [0.4, 0.5) is 5.82 Å². The van der Waals surface area contributed by atoms with Crippen molar-refractivity contribution in [3.63, 3.8) is 0 Å². The number of anilines is 1. The Balaban J connectivity index is 1.50. The van der Waals surface area contributed by atoms with E-state index in [9.17, 15) is 19.3 Å². The van der Waals surface area contributed by atoms with Gasteiger partial charge in [0.25, 0.3) is 0 Å². The number of fused-ring (bicyclic) bond motifs is 2. The van der Waals surface area contributed by atoms with E-state index in [1.54, 1.807) is 0 Å². The zero-order valence-electron chi connectivity index (χ0n) is 14.6. The largest absolute Gasteiger partial charge is 0.390 e. The molecule has 2 aromatic rings. The van der Waals surface area contributed by atoms with Crippen molar-refractivity contribution in [1.82, 2.24) is 19.5 Å². The van der Waals surface area contributed by atoms with E-state index >= 15 is 0 Å². The van der Waals surface area contributed by atoms with Gasteiger partial charge >= 0.3 is 6.80 Å². The molecule has 0 aromatic carbocycles. The molecule has 3 N–H and O–H groups in total. The predicted octanol–water partition coefficient (Wildman–Crippen LogP) is 0.457. The molecule has 12 nitrogen and oxygen atoms in total. The van der Waals surface area contributed by atoms with Crippen molar-refractivity contribution >= 4 is 62.7 Å². The zero-order valence-corrected chi connectivity index (χ0v) is 17.9. The van der Waals surface area contributed by atoms with Crippen LogP contribution < -0.4 is 5.73 Å². The number of Topliss-reactive ketones (excluding diaryl/α,β-unsaturated/α-hetero) is 2. The second-order valence-corrected chi connectivity index (χ2v) is 10.8. The number of hydrogen-bond donors (Lipinski definition) is 2. The molecule has 2 aromatic heterocycles. The quantitative estimate of drug-likeness (QED) is 0.315. The maximum atomic E-state index is 12.8. The van der Waals surface area contributed by atoms with Crippen molar-refractivity contribution < 1.29 is 33.0 Å². The first-order chi connectivity index (χ1) is 13.8. The Kier molecular flexibility index (Phi) is 5.77. The maximum Gasteiger partial charge on any atom is 0.390 e. The molecule has 0 bridgehead atoms.